The summed E-state index contributed by atoms with van der Waals surface area (Å²) in [5, 5.41) is 20.5. The number of nitrogens with zero attached hydrogens (tertiary/aromatic N) is 4. The molecule has 17 heavy (non-hydrogen) atoms. The molecule has 0 fully saturated rings. The summed E-state index contributed by atoms with van der Waals surface area (Å²) in [6.07, 6.45) is 3.53. The molecular weight excluding hydrogens is 218 g/mol. The molecule has 0 bridgehead atoms. The first-order chi connectivity index (χ1) is 8.03. The summed E-state index contributed by atoms with van der Waals surface area (Å²) < 4.78 is 1.88. The minimum absolute atomic E-state index is 0.120. The summed E-state index contributed by atoms with van der Waals surface area (Å²) in [4.78, 5) is 4.24. The molecule has 0 aliphatic rings. The van der Waals surface area contributed by atoms with Gasteiger partial charge in [0.15, 0.2) is 5.82 Å². The van der Waals surface area contributed by atoms with E-state index in [1.54, 1.807) is 6.20 Å². The summed E-state index contributed by atoms with van der Waals surface area (Å²) in [5.41, 5.74) is 0.516. The lowest BCUT2D eigenvalue weighted by Crippen LogP contribution is -2.27. The smallest absolute Gasteiger partial charge is 0.203 e. The standard InChI is InChI=1S/C11H17N5O/c1-8-14-15-10-9(12-4-5-16(8)10)13-6-11(2,3)7-17/h4-5,17H,6-7H2,1-3H3,(H,12,13). The molecule has 0 saturated heterocycles. The summed E-state index contributed by atoms with van der Waals surface area (Å²) >= 11 is 0. The highest BCUT2D eigenvalue weighted by Crippen LogP contribution is 2.17. The summed E-state index contributed by atoms with van der Waals surface area (Å²) in [6.45, 7) is 6.60. The molecule has 0 unspecified atom stereocenters. The Bertz CT molecular complexity index is 520. The number of aromatic nitrogens is 4. The molecule has 2 heterocycles. The second kappa shape index (κ2) is 4.29. The van der Waals surface area contributed by atoms with Crippen molar-refractivity contribution in [1.29, 1.82) is 0 Å². The van der Waals surface area contributed by atoms with Crippen molar-refractivity contribution in [2.24, 2.45) is 5.41 Å². The van der Waals surface area contributed by atoms with E-state index < -0.39 is 0 Å². The Labute approximate surface area is 99.7 Å². The van der Waals surface area contributed by atoms with E-state index in [9.17, 15) is 5.11 Å². The lowest BCUT2D eigenvalue weighted by molar-refractivity contribution is 0.171. The van der Waals surface area contributed by atoms with Crippen LogP contribution in [0.15, 0.2) is 12.4 Å². The largest absolute Gasteiger partial charge is 0.396 e. The van der Waals surface area contributed by atoms with Crippen LogP contribution in [0, 0.1) is 12.3 Å². The number of nitrogens with one attached hydrogen (secondary N) is 1. The van der Waals surface area contributed by atoms with E-state index in [1.165, 1.54) is 0 Å². The van der Waals surface area contributed by atoms with E-state index in [0.29, 0.717) is 18.0 Å². The van der Waals surface area contributed by atoms with Crippen molar-refractivity contribution < 1.29 is 5.11 Å². The monoisotopic (exact) mass is 235 g/mol. The van der Waals surface area contributed by atoms with Gasteiger partial charge in [-0.2, -0.15) is 0 Å². The fraction of sp³-hybridized carbons (Fsp3) is 0.545. The zero-order valence-corrected chi connectivity index (χ0v) is 10.3. The molecule has 0 atom stereocenters. The van der Waals surface area contributed by atoms with Crippen LogP contribution in [0.1, 0.15) is 19.7 Å². The number of fused-ring (bicyclic) bond motifs is 1. The third-order valence-electron chi connectivity index (χ3n) is 2.66. The Kier molecular flexibility index (Phi) is 2.97. The molecule has 0 aromatic carbocycles. The highest BCUT2D eigenvalue weighted by molar-refractivity contribution is 5.61. The van der Waals surface area contributed by atoms with E-state index >= 15 is 0 Å². The Hall–Kier alpha value is -1.69. The topological polar surface area (TPSA) is 75.3 Å². The van der Waals surface area contributed by atoms with Crippen molar-refractivity contribution in [3.05, 3.63) is 18.2 Å². The average Bonchev–Trinajstić information content (AvgIpc) is 2.70. The van der Waals surface area contributed by atoms with Crippen molar-refractivity contribution in [1.82, 2.24) is 19.6 Å². The highest BCUT2D eigenvalue weighted by Gasteiger charge is 2.17. The van der Waals surface area contributed by atoms with Crippen molar-refractivity contribution in [3.63, 3.8) is 0 Å². The van der Waals surface area contributed by atoms with Gasteiger partial charge in [0, 0.05) is 31.0 Å². The minimum Gasteiger partial charge on any atom is -0.396 e. The van der Waals surface area contributed by atoms with Crippen molar-refractivity contribution >= 4 is 11.5 Å². The molecule has 0 radical (unpaired) electrons. The Morgan fingerprint density at radius 1 is 1.41 bits per heavy atom. The highest BCUT2D eigenvalue weighted by atomic mass is 16.3. The lowest BCUT2D eigenvalue weighted by atomic mass is 9.95. The van der Waals surface area contributed by atoms with Gasteiger partial charge in [-0.15, -0.1) is 10.2 Å². The van der Waals surface area contributed by atoms with Gasteiger partial charge in [0.2, 0.25) is 5.65 Å². The SMILES string of the molecule is Cc1nnc2c(NCC(C)(C)CO)nccn12. The number of aliphatic hydroxyl groups excluding tert-OH is 1. The van der Waals surface area contributed by atoms with Crippen LogP contribution in [-0.2, 0) is 0 Å². The zero-order chi connectivity index (χ0) is 12.5. The lowest BCUT2D eigenvalue weighted by Gasteiger charge is -2.22. The maximum absolute atomic E-state index is 9.20. The molecule has 2 rings (SSSR count). The van der Waals surface area contributed by atoms with E-state index in [2.05, 4.69) is 20.5 Å². The number of aliphatic hydroxyl groups is 1. The second-order valence-corrected chi connectivity index (χ2v) is 4.89. The zero-order valence-electron chi connectivity index (χ0n) is 10.3. The van der Waals surface area contributed by atoms with Crippen LogP contribution in [0.4, 0.5) is 5.82 Å². The van der Waals surface area contributed by atoms with E-state index in [-0.39, 0.29) is 12.0 Å². The predicted molar refractivity (Wildman–Crippen MR) is 64.9 cm³/mol. The van der Waals surface area contributed by atoms with Crippen LogP contribution >= 0.6 is 0 Å². The summed E-state index contributed by atoms with van der Waals surface area (Å²) in [7, 11) is 0. The van der Waals surface area contributed by atoms with Crippen LogP contribution in [0.2, 0.25) is 0 Å². The molecule has 92 valence electrons. The van der Waals surface area contributed by atoms with Gasteiger partial charge < -0.3 is 10.4 Å². The molecule has 2 aromatic heterocycles. The molecule has 6 heteroatoms. The quantitative estimate of drug-likeness (QED) is 0.822. The van der Waals surface area contributed by atoms with Gasteiger partial charge in [-0.05, 0) is 6.92 Å². The predicted octanol–water partition coefficient (Wildman–Crippen LogP) is 0.863. The first-order valence-corrected chi connectivity index (χ1v) is 5.54. The van der Waals surface area contributed by atoms with Gasteiger partial charge in [0.05, 0.1) is 0 Å². The number of anilines is 1. The fourth-order valence-electron chi connectivity index (χ4n) is 1.45. The van der Waals surface area contributed by atoms with Crippen LogP contribution in [0.3, 0.4) is 0 Å². The van der Waals surface area contributed by atoms with E-state index in [1.807, 2.05) is 31.4 Å². The van der Waals surface area contributed by atoms with Gasteiger partial charge in [-0.25, -0.2) is 4.98 Å². The van der Waals surface area contributed by atoms with Gasteiger partial charge >= 0.3 is 0 Å². The molecule has 0 spiro atoms. The van der Waals surface area contributed by atoms with Crippen molar-refractivity contribution in [3.8, 4) is 0 Å². The molecule has 0 saturated carbocycles. The van der Waals surface area contributed by atoms with Crippen molar-refractivity contribution in [2.75, 3.05) is 18.5 Å². The molecule has 0 amide bonds. The average molecular weight is 235 g/mol. The summed E-state index contributed by atoms with van der Waals surface area (Å²) in [6, 6.07) is 0. The second-order valence-electron chi connectivity index (χ2n) is 4.89. The number of aryl methyl sites for hydroxylation is 1. The van der Waals surface area contributed by atoms with Gasteiger partial charge in [0.1, 0.15) is 5.82 Å². The van der Waals surface area contributed by atoms with Crippen molar-refractivity contribution in [2.45, 2.75) is 20.8 Å². The third kappa shape index (κ3) is 2.36. The molecular formula is C11H17N5O. The molecule has 0 aliphatic heterocycles. The van der Waals surface area contributed by atoms with E-state index in [4.69, 9.17) is 0 Å². The Balaban J connectivity index is 2.25. The minimum atomic E-state index is -0.191. The van der Waals surface area contributed by atoms with Crippen LogP contribution in [0.5, 0.6) is 0 Å². The maximum Gasteiger partial charge on any atom is 0.203 e. The maximum atomic E-state index is 9.20. The first-order valence-electron chi connectivity index (χ1n) is 5.54. The number of hydrogen-bond donors (Lipinski definition) is 2. The van der Waals surface area contributed by atoms with Crippen LogP contribution < -0.4 is 5.32 Å². The van der Waals surface area contributed by atoms with Gasteiger partial charge in [0.25, 0.3) is 0 Å². The van der Waals surface area contributed by atoms with Gasteiger partial charge in [-0.3, -0.25) is 4.40 Å². The van der Waals surface area contributed by atoms with Crippen LogP contribution in [-0.4, -0.2) is 37.8 Å². The Morgan fingerprint density at radius 3 is 2.88 bits per heavy atom. The first kappa shape index (κ1) is 11.8. The molecule has 0 aliphatic carbocycles. The summed E-state index contributed by atoms with van der Waals surface area (Å²) in [5.74, 6) is 1.52. The molecule has 2 N–H and O–H groups in total. The number of hydrogen-bond acceptors (Lipinski definition) is 5. The normalized spacial score (nSPS) is 12.0. The third-order valence-corrected chi connectivity index (χ3v) is 2.66. The van der Waals surface area contributed by atoms with E-state index in [0.717, 1.165) is 5.82 Å². The molecule has 2 aromatic rings. The Morgan fingerprint density at radius 2 is 2.18 bits per heavy atom. The number of rotatable bonds is 4. The van der Waals surface area contributed by atoms with Gasteiger partial charge in [-0.1, -0.05) is 13.8 Å². The molecule has 6 nitrogen and oxygen atoms in total. The van der Waals surface area contributed by atoms with Crippen LogP contribution in [0.25, 0.3) is 5.65 Å². The fourth-order valence-corrected chi connectivity index (χ4v) is 1.45.